The smallest absolute Gasteiger partial charge is 0.296 e. The Balaban J connectivity index is 1.93. The molecule has 0 unspecified atom stereocenters. The minimum atomic E-state index is -4.30. The minimum Gasteiger partial charge on any atom is -0.330 e. The summed E-state index contributed by atoms with van der Waals surface area (Å²) in [5.41, 5.74) is 3.82. The van der Waals surface area contributed by atoms with Crippen LogP contribution >= 0.6 is 11.3 Å². The molecule has 1 aromatic carbocycles. The first-order chi connectivity index (χ1) is 11.3. The number of rotatable bonds is 4. The number of para-hydroxylation sites is 1. The van der Waals surface area contributed by atoms with Gasteiger partial charge in [0.1, 0.15) is 4.90 Å². The van der Waals surface area contributed by atoms with E-state index in [1.165, 1.54) is 17.4 Å². The zero-order valence-electron chi connectivity index (χ0n) is 13.0. The van der Waals surface area contributed by atoms with Crippen LogP contribution in [0.3, 0.4) is 0 Å². The van der Waals surface area contributed by atoms with Crippen molar-refractivity contribution < 1.29 is 13.0 Å². The van der Waals surface area contributed by atoms with Gasteiger partial charge < -0.3 is 5.32 Å². The van der Waals surface area contributed by atoms with Gasteiger partial charge in [0, 0.05) is 22.3 Å². The Morgan fingerprint density at radius 2 is 1.75 bits per heavy atom. The number of anilines is 2. The number of benzene rings is 1. The average molecular weight is 361 g/mol. The second-order valence-electron chi connectivity index (χ2n) is 5.27. The molecule has 6 nitrogen and oxygen atoms in total. The minimum absolute atomic E-state index is 0.183. The van der Waals surface area contributed by atoms with Gasteiger partial charge in [0.2, 0.25) is 0 Å². The molecule has 0 aliphatic rings. The van der Waals surface area contributed by atoms with Crippen LogP contribution in [0.2, 0.25) is 0 Å². The highest BCUT2D eigenvalue weighted by Crippen LogP contribution is 2.30. The molecule has 24 heavy (non-hydrogen) atoms. The largest absolute Gasteiger partial charge is 0.330 e. The van der Waals surface area contributed by atoms with E-state index in [-0.39, 0.29) is 10.6 Å². The van der Waals surface area contributed by atoms with Crippen molar-refractivity contribution in [1.29, 1.82) is 0 Å². The molecule has 0 bridgehead atoms. The quantitative estimate of drug-likeness (QED) is 0.687. The molecule has 3 aromatic rings. The highest BCUT2D eigenvalue weighted by atomic mass is 32.2. The summed E-state index contributed by atoms with van der Waals surface area (Å²) in [6.45, 7) is 3.84. The molecule has 3 rings (SSSR count). The summed E-state index contributed by atoms with van der Waals surface area (Å²) in [7, 11) is -4.30. The van der Waals surface area contributed by atoms with Gasteiger partial charge in [0.25, 0.3) is 10.1 Å². The number of nitrogens with one attached hydrogen (secondary N) is 1. The second kappa shape index (κ2) is 6.31. The first-order valence-electron chi connectivity index (χ1n) is 7.08. The van der Waals surface area contributed by atoms with Crippen molar-refractivity contribution in [2.75, 3.05) is 5.32 Å². The number of pyridine rings is 1. The fourth-order valence-corrected chi connectivity index (χ4v) is 3.74. The van der Waals surface area contributed by atoms with E-state index in [1.54, 1.807) is 18.2 Å². The molecule has 124 valence electrons. The predicted octanol–water partition coefficient (Wildman–Crippen LogP) is 3.81. The Kier molecular flexibility index (Phi) is 4.35. The van der Waals surface area contributed by atoms with Gasteiger partial charge in [-0.2, -0.15) is 8.42 Å². The second-order valence-corrected chi connectivity index (χ2v) is 7.52. The molecular weight excluding hydrogens is 346 g/mol. The van der Waals surface area contributed by atoms with Gasteiger partial charge in [-0.05, 0) is 38.1 Å². The summed E-state index contributed by atoms with van der Waals surface area (Å²) in [6, 6.07) is 10.0. The number of aromatic nitrogens is 2. The summed E-state index contributed by atoms with van der Waals surface area (Å²) in [5, 5.41) is 5.37. The molecule has 8 heteroatoms. The van der Waals surface area contributed by atoms with Crippen LogP contribution < -0.4 is 5.32 Å². The van der Waals surface area contributed by atoms with E-state index in [4.69, 9.17) is 0 Å². The molecule has 2 aromatic heterocycles. The van der Waals surface area contributed by atoms with Crippen LogP contribution in [0, 0.1) is 13.8 Å². The van der Waals surface area contributed by atoms with Crippen LogP contribution in [0.1, 0.15) is 11.4 Å². The standard InChI is InChI=1S/C16H15N3O3S2/c1-10-7-12(8-11(2)17-10)14-9-23-16(19-14)18-13-5-3-4-6-15(13)24(20,21)22/h3-9H,1-2H3,(H,18,19)(H,20,21,22). The third-order valence-electron chi connectivity index (χ3n) is 3.29. The fraction of sp³-hybridized carbons (Fsp3) is 0.125. The fourth-order valence-electron chi connectivity index (χ4n) is 2.36. The van der Waals surface area contributed by atoms with Gasteiger partial charge >= 0.3 is 0 Å². The zero-order valence-corrected chi connectivity index (χ0v) is 14.6. The molecule has 0 fully saturated rings. The molecule has 0 aliphatic heterocycles. The first-order valence-corrected chi connectivity index (χ1v) is 9.39. The van der Waals surface area contributed by atoms with E-state index in [1.807, 2.05) is 31.4 Å². The Morgan fingerprint density at radius 1 is 1.08 bits per heavy atom. The topological polar surface area (TPSA) is 92.2 Å². The number of hydrogen-bond acceptors (Lipinski definition) is 6. The van der Waals surface area contributed by atoms with E-state index >= 15 is 0 Å². The van der Waals surface area contributed by atoms with E-state index in [0.717, 1.165) is 22.6 Å². The van der Waals surface area contributed by atoms with Crippen molar-refractivity contribution >= 4 is 32.3 Å². The molecule has 0 atom stereocenters. The highest BCUT2D eigenvalue weighted by molar-refractivity contribution is 7.86. The molecule has 0 spiro atoms. The molecule has 2 heterocycles. The number of thiazole rings is 1. The van der Waals surface area contributed by atoms with Crippen molar-refractivity contribution in [2.45, 2.75) is 18.7 Å². The van der Waals surface area contributed by atoms with Gasteiger partial charge in [-0.1, -0.05) is 12.1 Å². The van der Waals surface area contributed by atoms with E-state index in [0.29, 0.717) is 5.13 Å². The molecule has 0 aliphatic carbocycles. The number of nitrogens with zero attached hydrogens (tertiary/aromatic N) is 2. The SMILES string of the molecule is Cc1cc(-c2csc(Nc3ccccc3S(=O)(=O)O)n2)cc(C)n1. The van der Waals surface area contributed by atoms with E-state index < -0.39 is 10.1 Å². The van der Waals surface area contributed by atoms with Crippen LogP contribution in [-0.2, 0) is 10.1 Å². The van der Waals surface area contributed by atoms with Crippen molar-refractivity contribution in [2.24, 2.45) is 0 Å². The van der Waals surface area contributed by atoms with Crippen molar-refractivity contribution in [3.05, 3.63) is 53.2 Å². The van der Waals surface area contributed by atoms with Crippen LogP contribution in [0.15, 0.2) is 46.7 Å². The summed E-state index contributed by atoms with van der Waals surface area (Å²) in [4.78, 5) is 8.64. The predicted molar refractivity (Wildman–Crippen MR) is 94.4 cm³/mol. The van der Waals surface area contributed by atoms with Crippen molar-refractivity contribution in [3.8, 4) is 11.3 Å². The molecule has 0 saturated carbocycles. The number of hydrogen-bond donors (Lipinski definition) is 2. The van der Waals surface area contributed by atoms with E-state index in [9.17, 15) is 13.0 Å². The Labute approximate surface area is 144 Å². The molecule has 2 N–H and O–H groups in total. The molecule has 0 saturated heterocycles. The van der Waals surface area contributed by atoms with Crippen LogP contribution in [0.25, 0.3) is 11.3 Å². The maximum Gasteiger partial charge on any atom is 0.296 e. The first kappa shape index (κ1) is 16.6. The van der Waals surface area contributed by atoms with Crippen LogP contribution in [-0.4, -0.2) is 22.9 Å². The van der Waals surface area contributed by atoms with Crippen LogP contribution in [0.4, 0.5) is 10.8 Å². The maximum absolute atomic E-state index is 11.4. The van der Waals surface area contributed by atoms with E-state index in [2.05, 4.69) is 15.3 Å². The Bertz CT molecular complexity index is 977. The highest BCUT2D eigenvalue weighted by Gasteiger charge is 2.16. The van der Waals surface area contributed by atoms with Crippen LogP contribution in [0.5, 0.6) is 0 Å². The third-order valence-corrected chi connectivity index (χ3v) is 4.96. The average Bonchev–Trinajstić information content (AvgIpc) is 2.94. The van der Waals surface area contributed by atoms with Gasteiger partial charge in [-0.15, -0.1) is 11.3 Å². The van der Waals surface area contributed by atoms with Gasteiger partial charge in [-0.3, -0.25) is 9.54 Å². The van der Waals surface area contributed by atoms with Gasteiger partial charge in [0.05, 0.1) is 11.4 Å². The maximum atomic E-state index is 11.4. The van der Waals surface area contributed by atoms with Crippen molar-refractivity contribution in [3.63, 3.8) is 0 Å². The van der Waals surface area contributed by atoms with Gasteiger partial charge in [-0.25, -0.2) is 4.98 Å². The lowest BCUT2D eigenvalue weighted by molar-refractivity contribution is 0.483. The Hall–Kier alpha value is -2.29. The lowest BCUT2D eigenvalue weighted by Gasteiger charge is -2.07. The summed E-state index contributed by atoms with van der Waals surface area (Å²) in [6.07, 6.45) is 0. The summed E-state index contributed by atoms with van der Waals surface area (Å²) >= 11 is 1.35. The molecule has 0 radical (unpaired) electrons. The lowest BCUT2D eigenvalue weighted by Crippen LogP contribution is -2.02. The molecule has 0 amide bonds. The zero-order chi connectivity index (χ0) is 17.3. The summed E-state index contributed by atoms with van der Waals surface area (Å²) in [5.74, 6) is 0. The lowest BCUT2D eigenvalue weighted by atomic mass is 10.1. The number of aryl methyl sites for hydroxylation is 2. The normalized spacial score (nSPS) is 11.5. The monoisotopic (exact) mass is 361 g/mol. The summed E-state index contributed by atoms with van der Waals surface area (Å²) < 4.78 is 32.2. The van der Waals surface area contributed by atoms with Crippen molar-refractivity contribution in [1.82, 2.24) is 9.97 Å². The molecular formula is C16H15N3O3S2. The van der Waals surface area contributed by atoms with Gasteiger partial charge in [0.15, 0.2) is 5.13 Å². The third kappa shape index (κ3) is 3.61. The Morgan fingerprint density at radius 3 is 2.42 bits per heavy atom.